The number of nitro groups is 1. The summed E-state index contributed by atoms with van der Waals surface area (Å²) in [6, 6.07) is 6.90. The Morgan fingerprint density at radius 1 is 1.20 bits per heavy atom. The highest BCUT2D eigenvalue weighted by Gasteiger charge is 2.17. The number of aromatic nitrogens is 1. The van der Waals surface area contributed by atoms with Gasteiger partial charge in [0.25, 0.3) is 5.69 Å². The number of benzene rings is 1. The van der Waals surface area contributed by atoms with Crippen molar-refractivity contribution >= 4 is 11.5 Å². The van der Waals surface area contributed by atoms with Crippen LogP contribution in [0.4, 0.5) is 5.69 Å². The van der Waals surface area contributed by atoms with Gasteiger partial charge in [-0.2, -0.15) is 0 Å². The van der Waals surface area contributed by atoms with E-state index in [0.29, 0.717) is 16.8 Å². The largest absolute Gasteiger partial charge is 0.318 e. The number of aryl methyl sites for hydroxylation is 2. The Bertz CT molecular complexity index is 714. The Kier molecular flexibility index (Phi) is 3.44. The molecule has 5 nitrogen and oxygen atoms in total. The lowest BCUT2D eigenvalue weighted by Gasteiger charge is -2.10. The van der Waals surface area contributed by atoms with Crippen LogP contribution < -0.4 is 0 Å². The number of hydrogen-bond donors (Lipinski definition) is 0. The van der Waals surface area contributed by atoms with Crippen LogP contribution in [0.3, 0.4) is 0 Å². The Morgan fingerprint density at radius 3 is 2.35 bits per heavy atom. The SMILES string of the molecule is CC(=O)c1cc(C)n(-c2ccc(C)c([N+](=O)[O-])c2)c1C. The summed E-state index contributed by atoms with van der Waals surface area (Å²) in [7, 11) is 0. The van der Waals surface area contributed by atoms with Crippen molar-refractivity contribution in [2.45, 2.75) is 27.7 Å². The maximum Gasteiger partial charge on any atom is 0.274 e. The summed E-state index contributed by atoms with van der Waals surface area (Å²) in [5.74, 6) is -0.00837. The Balaban J connectivity index is 2.66. The van der Waals surface area contributed by atoms with Crippen LogP contribution in [0.25, 0.3) is 5.69 Å². The smallest absolute Gasteiger partial charge is 0.274 e. The van der Waals surface area contributed by atoms with Gasteiger partial charge in [-0.1, -0.05) is 6.07 Å². The number of nitro benzene ring substituents is 1. The quantitative estimate of drug-likeness (QED) is 0.488. The summed E-state index contributed by atoms with van der Waals surface area (Å²) in [5, 5.41) is 11.0. The van der Waals surface area contributed by atoms with E-state index in [2.05, 4.69) is 0 Å². The van der Waals surface area contributed by atoms with Crippen molar-refractivity contribution in [1.82, 2.24) is 4.57 Å². The van der Waals surface area contributed by atoms with Gasteiger partial charge >= 0.3 is 0 Å². The van der Waals surface area contributed by atoms with Crippen molar-refractivity contribution in [3.8, 4) is 5.69 Å². The average Bonchev–Trinajstić information content (AvgIpc) is 2.66. The topological polar surface area (TPSA) is 65.1 Å². The van der Waals surface area contributed by atoms with Gasteiger partial charge in [0.05, 0.1) is 10.6 Å². The molecule has 0 bridgehead atoms. The van der Waals surface area contributed by atoms with Gasteiger partial charge < -0.3 is 4.57 Å². The zero-order valence-corrected chi connectivity index (χ0v) is 11.9. The first-order valence-corrected chi connectivity index (χ1v) is 6.28. The highest BCUT2D eigenvalue weighted by atomic mass is 16.6. The molecule has 0 saturated heterocycles. The molecular formula is C15H16N2O3. The van der Waals surface area contributed by atoms with Crippen LogP contribution in [-0.2, 0) is 0 Å². The van der Waals surface area contributed by atoms with Gasteiger partial charge in [-0.05, 0) is 39.8 Å². The van der Waals surface area contributed by atoms with Crippen LogP contribution in [0, 0.1) is 30.9 Å². The van der Waals surface area contributed by atoms with Gasteiger partial charge in [0, 0.05) is 28.6 Å². The monoisotopic (exact) mass is 272 g/mol. The first-order chi connectivity index (χ1) is 9.32. The average molecular weight is 272 g/mol. The van der Waals surface area contributed by atoms with Crippen LogP contribution in [0.2, 0.25) is 0 Å². The lowest BCUT2D eigenvalue weighted by Crippen LogP contribution is -2.02. The minimum absolute atomic E-state index is 0.00837. The van der Waals surface area contributed by atoms with E-state index in [0.717, 1.165) is 11.4 Å². The predicted molar refractivity (Wildman–Crippen MR) is 76.6 cm³/mol. The van der Waals surface area contributed by atoms with Crippen molar-refractivity contribution in [2.24, 2.45) is 0 Å². The Hall–Kier alpha value is -2.43. The van der Waals surface area contributed by atoms with E-state index >= 15 is 0 Å². The van der Waals surface area contributed by atoms with Gasteiger partial charge in [-0.25, -0.2) is 0 Å². The predicted octanol–water partition coefficient (Wildman–Crippen LogP) is 3.51. The molecule has 0 atom stereocenters. The lowest BCUT2D eigenvalue weighted by molar-refractivity contribution is -0.385. The zero-order valence-electron chi connectivity index (χ0n) is 11.9. The van der Waals surface area contributed by atoms with Gasteiger partial charge in [-0.3, -0.25) is 14.9 Å². The second-order valence-corrected chi connectivity index (χ2v) is 4.90. The number of hydrogen-bond acceptors (Lipinski definition) is 3. The molecule has 0 N–H and O–H groups in total. The highest BCUT2D eigenvalue weighted by molar-refractivity contribution is 5.95. The van der Waals surface area contributed by atoms with E-state index in [9.17, 15) is 14.9 Å². The fourth-order valence-electron chi connectivity index (χ4n) is 2.45. The molecule has 0 aliphatic rings. The summed E-state index contributed by atoms with van der Waals surface area (Å²) < 4.78 is 1.86. The van der Waals surface area contributed by atoms with Crippen LogP contribution in [-0.4, -0.2) is 15.3 Å². The van der Waals surface area contributed by atoms with E-state index in [1.54, 1.807) is 19.1 Å². The molecule has 1 aromatic heterocycles. The molecule has 5 heteroatoms. The number of nitrogens with zero attached hydrogens (tertiary/aromatic N) is 2. The molecule has 0 radical (unpaired) electrons. The van der Waals surface area contributed by atoms with Crippen LogP contribution in [0.5, 0.6) is 0 Å². The standard InChI is InChI=1S/C15H16N2O3/c1-9-5-6-13(8-15(9)17(19)20)16-10(2)7-14(11(16)3)12(4)18/h5-8H,1-4H3. The number of carbonyl (C=O) groups excluding carboxylic acids is 1. The third-order valence-corrected chi connectivity index (χ3v) is 3.46. The Labute approximate surface area is 117 Å². The maximum absolute atomic E-state index is 11.6. The van der Waals surface area contributed by atoms with Gasteiger partial charge in [0.1, 0.15) is 0 Å². The summed E-state index contributed by atoms with van der Waals surface area (Å²) in [6.07, 6.45) is 0. The van der Waals surface area contributed by atoms with Crippen LogP contribution in [0.1, 0.15) is 34.2 Å². The molecule has 20 heavy (non-hydrogen) atoms. The van der Waals surface area contributed by atoms with Crippen molar-refractivity contribution in [3.63, 3.8) is 0 Å². The van der Waals surface area contributed by atoms with Crippen LogP contribution >= 0.6 is 0 Å². The maximum atomic E-state index is 11.6. The molecule has 0 spiro atoms. The molecule has 0 aliphatic carbocycles. The first kappa shape index (κ1) is 14.0. The van der Waals surface area contributed by atoms with Crippen molar-refractivity contribution in [1.29, 1.82) is 0 Å². The number of carbonyl (C=O) groups is 1. The van der Waals surface area contributed by atoms with E-state index in [1.165, 1.54) is 6.92 Å². The van der Waals surface area contributed by atoms with Crippen LogP contribution in [0.15, 0.2) is 24.3 Å². The van der Waals surface area contributed by atoms with Crippen molar-refractivity contribution in [3.05, 3.63) is 56.9 Å². The third-order valence-electron chi connectivity index (χ3n) is 3.46. The second kappa shape index (κ2) is 4.92. The summed E-state index contributed by atoms with van der Waals surface area (Å²) in [6.45, 7) is 6.95. The van der Waals surface area contributed by atoms with Gasteiger partial charge in [0.2, 0.25) is 0 Å². The first-order valence-electron chi connectivity index (χ1n) is 6.28. The molecule has 0 unspecified atom stereocenters. The zero-order chi connectivity index (χ0) is 15.0. The molecule has 1 heterocycles. The molecule has 2 aromatic rings. The third kappa shape index (κ3) is 2.22. The normalized spacial score (nSPS) is 10.6. The molecule has 0 fully saturated rings. The molecule has 1 aromatic carbocycles. The fourth-order valence-corrected chi connectivity index (χ4v) is 2.45. The van der Waals surface area contributed by atoms with E-state index in [1.807, 2.05) is 30.5 Å². The fraction of sp³-hybridized carbons (Fsp3) is 0.267. The molecule has 0 aliphatic heterocycles. The molecule has 0 amide bonds. The molecular weight excluding hydrogens is 256 g/mol. The lowest BCUT2D eigenvalue weighted by atomic mass is 10.1. The van der Waals surface area contributed by atoms with E-state index in [4.69, 9.17) is 0 Å². The van der Waals surface area contributed by atoms with Crippen molar-refractivity contribution < 1.29 is 9.72 Å². The van der Waals surface area contributed by atoms with Gasteiger partial charge in [-0.15, -0.1) is 0 Å². The molecule has 0 saturated carbocycles. The number of ketones is 1. The van der Waals surface area contributed by atoms with Gasteiger partial charge in [0.15, 0.2) is 5.78 Å². The summed E-state index contributed by atoms with van der Waals surface area (Å²) in [4.78, 5) is 22.2. The van der Waals surface area contributed by atoms with E-state index in [-0.39, 0.29) is 16.4 Å². The molecule has 104 valence electrons. The minimum Gasteiger partial charge on any atom is -0.318 e. The van der Waals surface area contributed by atoms with Crippen molar-refractivity contribution in [2.75, 3.05) is 0 Å². The second-order valence-electron chi connectivity index (χ2n) is 4.90. The minimum atomic E-state index is -0.390. The number of rotatable bonds is 3. The summed E-state index contributed by atoms with van der Waals surface area (Å²) in [5.41, 5.74) is 3.72. The number of Topliss-reactive ketones (excluding diaryl/α,β-unsaturated/α-hetero) is 1. The van der Waals surface area contributed by atoms with E-state index < -0.39 is 0 Å². The molecule has 2 rings (SSSR count). The Morgan fingerprint density at radius 2 is 1.85 bits per heavy atom. The summed E-state index contributed by atoms with van der Waals surface area (Å²) >= 11 is 0. The highest BCUT2D eigenvalue weighted by Crippen LogP contribution is 2.26.